The molecule has 0 bridgehead atoms. The van der Waals surface area contributed by atoms with E-state index in [9.17, 15) is 0 Å². The molecule has 0 atom stereocenters. The Bertz CT molecular complexity index is 1900. The van der Waals surface area contributed by atoms with Crippen LogP contribution in [0.15, 0.2) is 219 Å². The molecular formula is C48H44Cl2N4+2. The fraction of sp³-hybridized carbons (Fsp3) is 0.0833. The number of pyridine rings is 4. The molecule has 8 aromatic rings. The van der Waals surface area contributed by atoms with Crippen molar-refractivity contribution in [2.24, 2.45) is 0 Å². The molecule has 0 N–H and O–H groups in total. The summed E-state index contributed by atoms with van der Waals surface area (Å²) in [5.41, 5.74) is 10.2. The normalized spacial score (nSPS) is 10.2. The molecule has 4 aromatic carbocycles. The molecule has 0 aliphatic heterocycles. The SMILES string of the molecule is [Cl-].[Cl-].c1ccc(C[n+]2ccc(-c3cc[n+](Cc4ccccc4)cc3)cc2)cc1.c1ccc(C[n+]2ccc(-c3cc[n+](Cc4ccccc4)cc3)cc2)cc1. The van der Waals surface area contributed by atoms with Crippen LogP contribution in [0.2, 0.25) is 0 Å². The van der Waals surface area contributed by atoms with Crippen LogP contribution in [-0.2, 0) is 26.2 Å². The van der Waals surface area contributed by atoms with Gasteiger partial charge in [-0.25, -0.2) is 18.3 Å². The van der Waals surface area contributed by atoms with E-state index in [0.717, 1.165) is 26.2 Å². The highest BCUT2D eigenvalue weighted by atomic mass is 35.5. The van der Waals surface area contributed by atoms with Crippen molar-refractivity contribution in [1.82, 2.24) is 0 Å². The molecule has 0 amide bonds. The van der Waals surface area contributed by atoms with Crippen LogP contribution in [0.4, 0.5) is 0 Å². The summed E-state index contributed by atoms with van der Waals surface area (Å²) in [6.45, 7) is 3.58. The minimum atomic E-state index is 0. The summed E-state index contributed by atoms with van der Waals surface area (Å²) >= 11 is 0. The fourth-order valence-electron chi connectivity index (χ4n) is 6.20. The predicted octanol–water partition coefficient (Wildman–Crippen LogP) is 2.06. The third-order valence-electron chi connectivity index (χ3n) is 9.06. The van der Waals surface area contributed by atoms with E-state index in [1.54, 1.807) is 0 Å². The Labute approximate surface area is 331 Å². The summed E-state index contributed by atoms with van der Waals surface area (Å²) in [7, 11) is 0. The lowest BCUT2D eigenvalue weighted by molar-refractivity contribution is -0.688. The molecule has 8 rings (SSSR count). The van der Waals surface area contributed by atoms with Crippen molar-refractivity contribution >= 4 is 0 Å². The van der Waals surface area contributed by atoms with E-state index >= 15 is 0 Å². The number of hydrogen-bond donors (Lipinski definition) is 0. The highest BCUT2D eigenvalue weighted by molar-refractivity contribution is 5.61. The Morgan fingerprint density at radius 3 is 0.556 bits per heavy atom. The van der Waals surface area contributed by atoms with Gasteiger partial charge in [-0.05, 0) is 22.3 Å². The highest BCUT2D eigenvalue weighted by Gasteiger charge is 2.09. The zero-order chi connectivity index (χ0) is 35.2. The van der Waals surface area contributed by atoms with Crippen molar-refractivity contribution < 1.29 is 43.1 Å². The molecule has 0 unspecified atom stereocenters. The number of rotatable bonds is 10. The minimum Gasteiger partial charge on any atom is -1.00 e. The summed E-state index contributed by atoms with van der Waals surface area (Å²) < 4.78 is 8.82. The number of aromatic nitrogens is 4. The largest absolute Gasteiger partial charge is 1.00 e. The topological polar surface area (TPSA) is 15.5 Å². The Morgan fingerprint density at radius 1 is 0.222 bits per heavy atom. The van der Waals surface area contributed by atoms with Gasteiger partial charge in [0.25, 0.3) is 0 Å². The van der Waals surface area contributed by atoms with E-state index in [2.05, 4.69) is 238 Å². The maximum absolute atomic E-state index is 2.21. The Balaban J connectivity index is 0.000000200. The number of hydrogen-bond acceptors (Lipinski definition) is 0. The maximum atomic E-state index is 2.21. The van der Waals surface area contributed by atoms with Crippen LogP contribution >= 0.6 is 0 Å². The summed E-state index contributed by atoms with van der Waals surface area (Å²) in [5, 5.41) is 0. The summed E-state index contributed by atoms with van der Waals surface area (Å²) in [4.78, 5) is 0. The van der Waals surface area contributed by atoms with Gasteiger partial charge in [0, 0.05) is 70.8 Å². The quantitative estimate of drug-likeness (QED) is 0.191. The van der Waals surface area contributed by atoms with Crippen molar-refractivity contribution in [3.63, 3.8) is 0 Å². The van der Waals surface area contributed by atoms with Gasteiger partial charge in [-0.1, -0.05) is 121 Å². The van der Waals surface area contributed by atoms with Crippen molar-refractivity contribution in [2.75, 3.05) is 0 Å². The second-order valence-electron chi connectivity index (χ2n) is 13.0. The van der Waals surface area contributed by atoms with Gasteiger partial charge in [0.05, 0.1) is 0 Å². The molecule has 0 aliphatic rings. The van der Waals surface area contributed by atoms with Gasteiger partial charge < -0.3 is 24.8 Å². The number of nitrogens with zero attached hydrogens (tertiary/aromatic N) is 4. The average molecular weight is 748 g/mol. The summed E-state index contributed by atoms with van der Waals surface area (Å²) in [6.07, 6.45) is 17.2. The van der Waals surface area contributed by atoms with Gasteiger partial charge in [0.1, 0.15) is 0 Å². The average Bonchev–Trinajstić information content (AvgIpc) is 3.21. The van der Waals surface area contributed by atoms with Crippen LogP contribution in [0.25, 0.3) is 22.3 Å². The van der Waals surface area contributed by atoms with Crippen LogP contribution in [0, 0.1) is 0 Å². The first-order valence-electron chi connectivity index (χ1n) is 17.9. The zero-order valence-corrected chi connectivity index (χ0v) is 31.7. The Hall–Kier alpha value is -5.94. The first-order valence-corrected chi connectivity index (χ1v) is 17.9. The van der Waals surface area contributed by atoms with Gasteiger partial charge in [0.2, 0.25) is 0 Å². The molecule has 4 nitrogen and oxygen atoms in total. The number of benzene rings is 4. The first kappa shape index (κ1) is 39.3. The van der Waals surface area contributed by atoms with Gasteiger partial charge in [0.15, 0.2) is 75.8 Å². The van der Waals surface area contributed by atoms with Gasteiger partial charge >= 0.3 is 0 Å². The van der Waals surface area contributed by atoms with Crippen LogP contribution in [0.1, 0.15) is 22.3 Å². The molecule has 0 saturated carbocycles. The lowest BCUT2D eigenvalue weighted by Crippen LogP contribution is -3.00. The highest BCUT2D eigenvalue weighted by Crippen LogP contribution is 2.17. The molecule has 0 saturated heterocycles. The molecule has 54 heavy (non-hydrogen) atoms. The van der Waals surface area contributed by atoms with E-state index in [1.165, 1.54) is 44.5 Å². The molecule has 0 spiro atoms. The standard InChI is InChI=1S/2C24H22N2.2ClH/c2*1-3-7-21(8-4-1)19-25-15-11-23(12-16-25)24-13-17-26(18-14-24)20-22-9-5-2-6-10-22;;/h2*1-18H,19-20H2;2*1H/q2*+2;;/p-2. The van der Waals surface area contributed by atoms with Gasteiger partial charge in [-0.15, -0.1) is 0 Å². The molecule has 4 heterocycles. The van der Waals surface area contributed by atoms with E-state index in [-0.39, 0.29) is 24.8 Å². The van der Waals surface area contributed by atoms with Crippen molar-refractivity contribution in [1.29, 1.82) is 0 Å². The van der Waals surface area contributed by atoms with Crippen molar-refractivity contribution in [2.45, 2.75) is 26.2 Å². The summed E-state index contributed by atoms with van der Waals surface area (Å²) in [5.74, 6) is 0. The molecule has 0 aliphatic carbocycles. The van der Waals surface area contributed by atoms with Gasteiger partial charge in [-0.2, -0.15) is 0 Å². The number of halogens is 2. The maximum Gasteiger partial charge on any atom is 0.173 e. The molecule has 0 radical (unpaired) electrons. The molecule has 6 heteroatoms. The molecule has 0 fully saturated rings. The van der Waals surface area contributed by atoms with E-state index < -0.39 is 0 Å². The zero-order valence-electron chi connectivity index (χ0n) is 30.2. The second kappa shape index (κ2) is 20.3. The Morgan fingerprint density at radius 2 is 0.389 bits per heavy atom. The first-order chi connectivity index (χ1) is 25.7. The van der Waals surface area contributed by atoms with Crippen molar-refractivity contribution in [3.8, 4) is 22.3 Å². The van der Waals surface area contributed by atoms with Gasteiger partial charge in [-0.3, -0.25) is 0 Å². The smallest absolute Gasteiger partial charge is 0.173 e. The molecule has 268 valence electrons. The monoisotopic (exact) mass is 746 g/mol. The predicted molar refractivity (Wildman–Crippen MR) is 207 cm³/mol. The molecule has 4 aromatic heterocycles. The minimum absolute atomic E-state index is 0. The van der Waals surface area contributed by atoms with Crippen LogP contribution < -0.4 is 43.1 Å². The van der Waals surface area contributed by atoms with E-state index in [0.29, 0.717) is 0 Å². The second-order valence-corrected chi connectivity index (χ2v) is 13.0. The lowest BCUT2D eigenvalue weighted by atomic mass is 10.1. The Kier molecular flexibility index (Phi) is 14.8. The van der Waals surface area contributed by atoms with Crippen LogP contribution in [0.3, 0.4) is 0 Å². The third-order valence-corrected chi connectivity index (χ3v) is 9.06. The fourth-order valence-corrected chi connectivity index (χ4v) is 6.20. The van der Waals surface area contributed by atoms with E-state index in [4.69, 9.17) is 0 Å². The third kappa shape index (κ3) is 11.5. The summed E-state index contributed by atoms with van der Waals surface area (Å²) in [6, 6.07) is 59.6. The van der Waals surface area contributed by atoms with Crippen molar-refractivity contribution in [3.05, 3.63) is 242 Å². The van der Waals surface area contributed by atoms with Crippen LogP contribution in [0.5, 0.6) is 0 Å². The molecular weight excluding hydrogens is 703 g/mol. The lowest BCUT2D eigenvalue weighted by Gasteiger charge is -2.02. The van der Waals surface area contributed by atoms with Crippen LogP contribution in [-0.4, -0.2) is 0 Å². The van der Waals surface area contributed by atoms with E-state index in [1.807, 2.05) is 0 Å².